The van der Waals surface area contributed by atoms with Crippen LogP contribution in [0.4, 0.5) is 17.1 Å². The summed E-state index contributed by atoms with van der Waals surface area (Å²) in [7, 11) is 1.55. The number of nitrogens with zero attached hydrogens (tertiary/aromatic N) is 2. The molecule has 2 aromatic heterocycles. The Kier molecular flexibility index (Phi) is 6.34. The Morgan fingerprint density at radius 3 is 2.77 bits per heavy atom. The van der Waals surface area contributed by atoms with Gasteiger partial charge in [-0.3, -0.25) is 9.78 Å². The standard InChI is InChI=1S/C23H18BrClN4O2/c1-31-23-20(9-16(24)12-27-23)28-18-7-14(6-17(25)10-18)8-22(30)29-21-13-26-11-15-4-2-3-5-19(15)21/h2-7,9-13,28H,8H2,1H3,(H,29,30). The topological polar surface area (TPSA) is 76.1 Å². The van der Waals surface area contributed by atoms with E-state index in [1.807, 2.05) is 36.4 Å². The average molecular weight is 498 g/mol. The summed E-state index contributed by atoms with van der Waals surface area (Å²) in [6, 6.07) is 15.0. The number of halogens is 2. The molecule has 0 bridgehead atoms. The Morgan fingerprint density at radius 2 is 1.94 bits per heavy atom. The highest BCUT2D eigenvalue weighted by molar-refractivity contribution is 9.10. The molecule has 0 saturated heterocycles. The zero-order chi connectivity index (χ0) is 21.8. The predicted molar refractivity (Wildman–Crippen MR) is 127 cm³/mol. The third-order valence-corrected chi connectivity index (χ3v) is 5.21. The van der Waals surface area contributed by atoms with Crippen LogP contribution < -0.4 is 15.4 Å². The number of ether oxygens (including phenoxy) is 1. The molecule has 1 amide bonds. The SMILES string of the molecule is COc1ncc(Br)cc1Nc1cc(Cl)cc(CC(=O)Nc2cncc3ccccc23)c1. The molecular weight excluding hydrogens is 480 g/mol. The zero-order valence-corrected chi connectivity index (χ0v) is 18.9. The Morgan fingerprint density at radius 1 is 1.10 bits per heavy atom. The summed E-state index contributed by atoms with van der Waals surface area (Å²) in [5.41, 5.74) is 2.84. The first-order valence-electron chi connectivity index (χ1n) is 9.40. The van der Waals surface area contributed by atoms with Crippen molar-refractivity contribution in [2.45, 2.75) is 6.42 Å². The number of carbonyl (C=O) groups excluding carboxylic acids is 1. The summed E-state index contributed by atoms with van der Waals surface area (Å²) in [5.74, 6) is 0.291. The highest BCUT2D eigenvalue weighted by Crippen LogP contribution is 2.30. The van der Waals surface area contributed by atoms with Gasteiger partial charge in [-0.25, -0.2) is 4.98 Å². The maximum Gasteiger partial charge on any atom is 0.237 e. The van der Waals surface area contributed by atoms with Crippen molar-refractivity contribution in [2.24, 2.45) is 0 Å². The van der Waals surface area contributed by atoms with Gasteiger partial charge in [-0.2, -0.15) is 0 Å². The van der Waals surface area contributed by atoms with Gasteiger partial charge in [0.1, 0.15) is 5.69 Å². The van der Waals surface area contributed by atoms with Gasteiger partial charge in [-0.1, -0.05) is 35.9 Å². The number of aromatic nitrogens is 2. The number of carbonyl (C=O) groups is 1. The first-order chi connectivity index (χ1) is 15.0. The molecule has 2 heterocycles. The number of fused-ring (bicyclic) bond motifs is 1. The molecule has 4 rings (SSSR count). The number of nitrogens with one attached hydrogen (secondary N) is 2. The third kappa shape index (κ3) is 5.13. The maximum atomic E-state index is 12.7. The van der Waals surface area contributed by atoms with Gasteiger partial charge in [0.15, 0.2) is 0 Å². The second-order valence-corrected chi connectivity index (χ2v) is 8.17. The quantitative estimate of drug-likeness (QED) is 0.343. The van der Waals surface area contributed by atoms with Gasteiger partial charge in [-0.15, -0.1) is 0 Å². The molecule has 31 heavy (non-hydrogen) atoms. The van der Waals surface area contributed by atoms with E-state index in [1.165, 1.54) is 0 Å². The van der Waals surface area contributed by atoms with Crippen molar-refractivity contribution in [1.82, 2.24) is 9.97 Å². The second-order valence-electron chi connectivity index (χ2n) is 6.82. The fraction of sp³-hybridized carbons (Fsp3) is 0.0870. The molecule has 2 N–H and O–H groups in total. The number of benzene rings is 2. The van der Waals surface area contributed by atoms with Crippen LogP contribution in [0.3, 0.4) is 0 Å². The summed E-state index contributed by atoms with van der Waals surface area (Å²) in [6.07, 6.45) is 5.23. The van der Waals surface area contributed by atoms with Crippen LogP contribution in [0.5, 0.6) is 5.88 Å². The minimum absolute atomic E-state index is 0.159. The van der Waals surface area contributed by atoms with Crippen LogP contribution in [-0.4, -0.2) is 23.0 Å². The molecule has 0 unspecified atom stereocenters. The number of hydrogen-bond donors (Lipinski definition) is 2. The van der Waals surface area contributed by atoms with E-state index in [-0.39, 0.29) is 12.3 Å². The highest BCUT2D eigenvalue weighted by Gasteiger charge is 2.11. The van der Waals surface area contributed by atoms with Crippen LogP contribution in [0.1, 0.15) is 5.56 Å². The molecule has 4 aromatic rings. The Bertz CT molecular complexity index is 1260. The van der Waals surface area contributed by atoms with E-state index in [1.54, 1.807) is 37.8 Å². The summed E-state index contributed by atoms with van der Waals surface area (Å²) in [5, 5.41) is 8.61. The van der Waals surface area contributed by atoms with Crippen molar-refractivity contribution in [1.29, 1.82) is 0 Å². The maximum absolute atomic E-state index is 12.7. The van der Waals surface area contributed by atoms with Crippen molar-refractivity contribution >= 4 is 61.3 Å². The number of pyridine rings is 2. The lowest BCUT2D eigenvalue weighted by atomic mass is 10.1. The van der Waals surface area contributed by atoms with E-state index < -0.39 is 0 Å². The molecule has 0 saturated carbocycles. The summed E-state index contributed by atoms with van der Waals surface area (Å²) in [6.45, 7) is 0. The molecule has 2 aromatic carbocycles. The lowest BCUT2D eigenvalue weighted by molar-refractivity contribution is -0.115. The number of methoxy groups -OCH3 is 1. The van der Waals surface area contributed by atoms with E-state index in [4.69, 9.17) is 16.3 Å². The first kappa shape index (κ1) is 21.1. The fourth-order valence-electron chi connectivity index (χ4n) is 3.25. The number of rotatable bonds is 6. The van der Waals surface area contributed by atoms with Gasteiger partial charge in [0.05, 0.1) is 25.4 Å². The predicted octanol–water partition coefficient (Wildman–Crippen LogP) is 5.98. The van der Waals surface area contributed by atoms with Crippen molar-refractivity contribution < 1.29 is 9.53 Å². The van der Waals surface area contributed by atoms with Gasteiger partial charge >= 0.3 is 0 Å². The van der Waals surface area contributed by atoms with Gasteiger partial charge in [0, 0.05) is 38.3 Å². The normalized spacial score (nSPS) is 10.7. The summed E-state index contributed by atoms with van der Waals surface area (Å²) < 4.78 is 6.11. The molecule has 0 radical (unpaired) electrons. The molecule has 156 valence electrons. The second kappa shape index (κ2) is 9.32. The minimum atomic E-state index is -0.159. The Hall–Kier alpha value is -3.16. The molecule has 0 aliphatic rings. The van der Waals surface area contributed by atoms with E-state index >= 15 is 0 Å². The van der Waals surface area contributed by atoms with Gasteiger partial charge in [0.2, 0.25) is 11.8 Å². The van der Waals surface area contributed by atoms with Gasteiger partial charge in [-0.05, 0) is 45.8 Å². The van der Waals surface area contributed by atoms with Crippen molar-refractivity contribution in [3.05, 3.63) is 82.2 Å². The van der Waals surface area contributed by atoms with E-state index in [2.05, 4.69) is 36.5 Å². The minimum Gasteiger partial charge on any atom is -0.480 e. The summed E-state index contributed by atoms with van der Waals surface area (Å²) >= 11 is 9.71. The van der Waals surface area contributed by atoms with E-state index in [0.29, 0.717) is 22.3 Å². The summed E-state index contributed by atoms with van der Waals surface area (Å²) in [4.78, 5) is 21.1. The smallest absolute Gasteiger partial charge is 0.237 e. The molecule has 0 atom stereocenters. The third-order valence-electron chi connectivity index (χ3n) is 4.55. The van der Waals surface area contributed by atoms with E-state index in [0.717, 1.165) is 26.5 Å². The molecule has 0 aliphatic heterocycles. The van der Waals surface area contributed by atoms with Gasteiger partial charge < -0.3 is 15.4 Å². The zero-order valence-electron chi connectivity index (χ0n) is 16.5. The number of anilines is 3. The largest absolute Gasteiger partial charge is 0.480 e. The van der Waals surface area contributed by atoms with Crippen molar-refractivity contribution in [2.75, 3.05) is 17.7 Å². The molecule has 6 nitrogen and oxygen atoms in total. The Labute approximate surface area is 192 Å². The van der Waals surface area contributed by atoms with Gasteiger partial charge in [0.25, 0.3) is 0 Å². The lowest BCUT2D eigenvalue weighted by Gasteiger charge is -2.13. The highest BCUT2D eigenvalue weighted by atomic mass is 79.9. The van der Waals surface area contributed by atoms with Crippen LogP contribution in [0, 0.1) is 0 Å². The monoisotopic (exact) mass is 496 g/mol. The first-order valence-corrected chi connectivity index (χ1v) is 10.6. The van der Waals surface area contributed by atoms with E-state index in [9.17, 15) is 4.79 Å². The van der Waals surface area contributed by atoms with Crippen LogP contribution in [0.25, 0.3) is 10.8 Å². The van der Waals surface area contributed by atoms with Crippen LogP contribution >= 0.6 is 27.5 Å². The molecule has 0 spiro atoms. The average Bonchev–Trinajstić information content (AvgIpc) is 2.74. The molecule has 8 heteroatoms. The number of hydrogen-bond acceptors (Lipinski definition) is 5. The Balaban J connectivity index is 1.53. The van der Waals surface area contributed by atoms with Crippen LogP contribution in [-0.2, 0) is 11.2 Å². The molecule has 0 fully saturated rings. The van der Waals surface area contributed by atoms with Crippen LogP contribution in [0.15, 0.2) is 71.6 Å². The van der Waals surface area contributed by atoms with Crippen LogP contribution in [0.2, 0.25) is 5.02 Å². The molecular formula is C23H18BrClN4O2. The van der Waals surface area contributed by atoms with Crippen molar-refractivity contribution in [3.63, 3.8) is 0 Å². The lowest BCUT2D eigenvalue weighted by Crippen LogP contribution is -2.15. The van der Waals surface area contributed by atoms with Crippen molar-refractivity contribution in [3.8, 4) is 5.88 Å². The fourth-order valence-corrected chi connectivity index (χ4v) is 3.84. The molecule has 0 aliphatic carbocycles. The number of amides is 1.